The maximum Gasteiger partial charge on any atom is 0.00970 e. The summed E-state index contributed by atoms with van der Waals surface area (Å²) in [6.45, 7) is 13.6. The van der Waals surface area contributed by atoms with Gasteiger partial charge in [0.05, 0.1) is 0 Å². The molecule has 1 fully saturated rings. The summed E-state index contributed by atoms with van der Waals surface area (Å²) in [6, 6.07) is 0.756. The maximum atomic E-state index is 3.71. The Morgan fingerprint density at radius 3 is 2.31 bits per heavy atom. The molecule has 1 saturated carbocycles. The Morgan fingerprint density at radius 1 is 1.12 bits per heavy atom. The first-order chi connectivity index (χ1) is 7.44. The van der Waals surface area contributed by atoms with Crippen molar-refractivity contribution in [1.82, 2.24) is 10.6 Å². The van der Waals surface area contributed by atoms with Crippen molar-refractivity contribution < 1.29 is 0 Å². The van der Waals surface area contributed by atoms with Crippen molar-refractivity contribution in [3.63, 3.8) is 0 Å². The van der Waals surface area contributed by atoms with Crippen LogP contribution < -0.4 is 10.6 Å². The predicted molar refractivity (Wildman–Crippen MR) is 71.7 cm³/mol. The minimum atomic E-state index is 0.245. The van der Waals surface area contributed by atoms with Crippen LogP contribution in [0.3, 0.4) is 0 Å². The third kappa shape index (κ3) is 4.42. The van der Waals surface area contributed by atoms with E-state index in [9.17, 15) is 0 Å². The van der Waals surface area contributed by atoms with E-state index in [1.165, 1.54) is 19.3 Å². The summed E-state index contributed by atoms with van der Waals surface area (Å²) < 4.78 is 0. The van der Waals surface area contributed by atoms with Crippen LogP contribution in [-0.2, 0) is 0 Å². The summed E-state index contributed by atoms with van der Waals surface area (Å²) >= 11 is 0. The van der Waals surface area contributed by atoms with Gasteiger partial charge in [-0.15, -0.1) is 0 Å². The average molecular weight is 226 g/mol. The Hall–Kier alpha value is -0.0800. The van der Waals surface area contributed by atoms with Crippen LogP contribution in [0.4, 0.5) is 0 Å². The monoisotopic (exact) mass is 226 g/mol. The van der Waals surface area contributed by atoms with E-state index in [-0.39, 0.29) is 5.54 Å². The smallest absolute Gasteiger partial charge is 0.00970 e. The molecule has 3 unspecified atom stereocenters. The number of rotatable bonds is 5. The van der Waals surface area contributed by atoms with Crippen LogP contribution in [0.25, 0.3) is 0 Å². The van der Waals surface area contributed by atoms with Crippen molar-refractivity contribution >= 4 is 0 Å². The van der Waals surface area contributed by atoms with Crippen LogP contribution >= 0.6 is 0 Å². The lowest BCUT2D eigenvalue weighted by atomic mass is 9.93. The molecular weight excluding hydrogens is 196 g/mol. The molecule has 1 aliphatic carbocycles. The second-order valence-electron chi connectivity index (χ2n) is 6.34. The Bertz CT molecular complexity index is 195. The van der Waals surface area contributed by atoms with Gasteiger partial charge in [0.1, 0.15) is 0 Å². The van der Waals surface area contributed by atoms with Crippen LogP contribution in [0.2, 0.25) is 0 Å². The van der Waals surface area contributed by atoms with Gasteiger partial charge in [-0.3, -0.25) is 0 Å². The largest absolute Gasteiger partial charge is 0.312 e. The molecule has 2 nitrogen and oxygen atoms in total. The highest BCUT2D eigenvalue weighted by atomic mass is 15.0. The zero-order chi connectivity index (χ0) is 12.2. The predicted octanol–water partition coefficient (Wildman–Crippen LogP) is 2.79. The van der Waals surface area contributed by atoms with Gasteiger partial charge >= 0.3 is 0 Å². The van der Waals surface area contributed by atoms with Crippen molar-refractivity contribution in [3.8, 4) is 0 Å². The molecule has 1 aliphatic rings. The van der Waals surface area contributed by atoms with E-state index in [0.29, 0.717) is 0 Å². The molecule has 0 heterocycles. The molecule has 3 atom stereocenters. The van der Waals surface area contributed by atoms with Gasteiger partial charge in [-0.1, -0.05) is 20.3 Å². The fourth-order valence-electron chi connectivity index (χ4n) is 2.81. The van der Waals surface area contributed by atoms with Gasteiger partial charge in [-0.25, -0.2) is 0 Å². The zero-order valence-electron chi connectivity index (χ0n) is 11.8. The standard InChI is InChI=1S/C14H30N2/c1-6-12-7-8-13(11(12)2)15-9-10-16-14(3,4)5/h11-13,15-16H,6-10H2,1-5H3. The van der Waals surface area contributed by atoms with E-state index in [1.54, 1.807) is 0 Å². The van der Waals surface area contributed by atoms with Crippen molar-refractivity contribution in [2.24, 2.45) is 11.8 Å². The molecule has 0 bridgehead atoms. The Morgan fingerprint density at radius 2 is 1.81 bits per heavy atom. The van der Waals surface area contributed by atoms with E-state index < -0.39 is 0 Å². The van der Waals surface area contributed by atoms with Gasteiger partial charge in [0.15, 0.2) is 0 Å². The Labute approximate surface area is 102 Å². The van der Waals surface area contributed by atoms with E-state index >= 15 is 0 Å². The SMILES string of the molecule is CCC1CCC(NCCNC(C)(C)C)C1C. The molecule has 2 heteroatoms. The summed E-state index contributed by atoms with van der Waals surface area (Å²) in [7, 11) is 0. The molecular formula is C14H30N2. The lowest BCUT2D eigenvalue weighted by Crippen LogP contribution is -2.43. The van der Waals surface area contributed by atoms with Crippen molar-refractivity contribution in [2.75, 3.05) is 13.1 Å². The van der Waals surface area contributed by atoms with Crippen LogP contribution in [0.1, 0.15) is 53.9 Å². The molecule has 0 aromatic heterocycles. The number of hydrogen-bond donors (Lipinski definition) is 2. The lowest BCUT2D eigenvalue weighted by Gasteiger charge is -2.24. The second-order valence-corrected chi connectivity index (χ2v) is 6.34. The van der Waals surface area contributed by atoms with Gasteiger partial charge in [-0.05, 0) is 45.4 Å². The van der Waals surface area contributed by atoms with Crippen LogP contribution in [-0.4, -0.2) is 24.7 Å². The van der Waals surface area contributed by atoms with Crippen molar-refractivity contribution in [3.05, 3.63) is 0 Å². The van der Waals surface area contributed by atoms with Crippen molar-refractivity contribution in [1.29, 1.82) is 0 Å². The van der Waals surface area contributed by atoms with E-state index in [1.807, 2.05) is 0 Å². The number of nitrogens with one attached hydrogen (secondary N) is 2. The highest BCUT2D eigenvalue weighted by Gasteiger charge is 2.30. The molecule has 2 N–H and O–H groups in total. The van der Waals surface area contributed by atoms with Gasteiger partial charge in [0.2, 0.25) is 0 Å². The Kier molecular flexibility index (Phi) is 5.26. The quantitative estimate of drug-likeness (QED) is 0.704. The average Bonchev–Trinajstić information content (AvgIpc) is 2.53. The first-order valence-corrected chi connectivity index (χ1v) is 6.92. The van der Waals surface area contributed by atoms with Crippen LogP contribution in [0.15, 0.2) is 0 Å². The summed E-state index contributed by atoms with van der Waals surface area (Å²) in [5.74, 6) is 1.81. The van der Waals surface area contributed by atoms with E-state index in [4.69, 9.17) is 0 Å². The molecule has 0 aromatic rings. The summed E-state index contributed by atoms with van der Waals surface area (Å²) in [6.07, 6.45) is 4.14. The highest BCUT2D eigenvalue weighted by molar-refractivity contribution is 4.86. The second kappa shape index (κ2) is 6.02. The molecule has 0 spiro atoms. The molecule has 0 radical (unpaired) electrons. The first kappa shape index (κ1) is 14.0. The van der Waals surface area contributed by atoms with Crippen molar-refractivity contribution in [2.45, 2.75) is 65.5 Å². The third-order valence-electron chi connectivity index (χ3n) is 3.94. The van der Waals surface area contributed by atoms with Gasteiger partial charge in [-0.2, -0.15) is 0 Å². The normalized spacial score (nSPS) is 30.9. The topological polar surface area (TPSA) is 24.1 Å². The minimum Gasteiger partial charge on any atom is -0.312 e. The molecule has 0 aliphatic heterocycles. The number of hydrogen-bond acceptors (Lipinski definition) is 2. The van der Waals surface area contributed by atoms with Gasteiger partial charge in [0, 0.05) is 24.7 Å². The molecule has 16 heavy (non-hydrogen) atoms. The molecule has 0 aromatic carbocycles. The fraction of sp³-hybridized carbons (Fsp3) is 1.00. The lowest BCUT2D eigenvalue weighted by molar-refractivity contribution is 0.338. The summed E-state index contributed by atoms with van der Waals surface area (Å²) in [4.78, 5) is 0. The van der Waals surface area contributed by atoms with Crippen LogP contribution in [0, 0.1) is 11.8 Å². The molecule has 0 amide bonds. The van der Waals surface area contributed by atoms with Crippen LogP contribution in [0.5, 0.6) is 0 Å². The third-order valence-corrected chi connectivity index (χ3v) is 3.94. The first-order valence-electron chi connectivity index (χ1n) is 6.92. The highest BCUT2D eigenvalue weighted by Crippen LogP contribution is 2.33. The van der Waals surface area contributed by atoms with E-state index in [2.05, 4.69) is 45.3 Å². The zero-order valence-corrected chi connectivity index (χ0v) is 11.8. The minimum absolute atomic E-state index is 0.245. The summed E-state index contributed by atoms with van der Waals surface area (Å²) in [5, 5.41) is 7.23. The molecule has 0 saturated heterocycles. The van der Waals surface area contributed by atoms with Gasteiger partial charge < -0.3 is 10.6 Å². The molecule has 96 valence electrons. The summed E-state index contributed by atoms with van der Waals surface area (Å²) in [5.41, 5.74) is 0.245. The Balaban J connectivity index is 2.15. The fourth-order valence-corrected chi connectivity index (χ4v) is 2.81. The van der Waals surface area contributed by atoms with E-state index in [0.717, 1.165) is 31.0 Å². The van der Waals surface area contributed by atoms with Gasteiger partial charge in [0.25, 0.3) is 0 Å². The molecule has 1 rings (SSSR count). The maximum absolute atomic E-state index is 3.71.